The summed E-state index contributed by atoms with van der Waals surface area (Å²) in [5.74, 6) is 0.306. The molecule has 11 rings (SSSR count). The summed E-state index contributed by atoms with van der Waals surface area (Å²) in [6.45, 7) is 10.4. The Morgan fingerprint density at radius 3 is 1.81 bits per heavy atom. The number of allylic oxidation sites excluding steroid dienone is 5. The van der Waals surface area contributed by atoms with Crippen molar-refractivity contribution >= 4 is 83.2 Å². The molecule has 272 valence electrons. The summed E-state index contributed by atoms with van der Waals surface area (Å²) < 4.78 is 0. The topological polar surface area (TPSA) is 0 Å². The summed E-state index contributed by atoms with van der Waals surface area (Å²) in [5.41, 5.74) is 11.9. The van der Waals surface area contributed by atoms with E-state index < -0.39 is 0 Å². The van der Waals surface area contributed by atoms with Crippen molar-refractivity contribution in [2.45, 2.75) is 27.2 Å². The third-order valence-electron chi connectivity index (χ3n) is 12.2. The largest absolute Gasteiger partial charge is 0.0911 e. The molecule has 0 bridgehead atoms. The van der Waals surface area contributed by atoms with E-state index in [0.717, 1.165) is 11.6 Å². The Bertz CT molecular complexity index is 3250. The summed E-state index contributed by atoms with van der Waals surface area (Å²) in [5, 5.41) is 15.0. The second-order valence-corrected chi connectivity index (χ2v) is 15.1. The van der Waals surface area contributed by atoms with Gasteiger partial charge in [-0.3, -0.25) is 0 Å². The van der Waals surface area contributed by atoms with Crippen molar-refractivity contribution in [1.29, 1.82) is 0 Å². The number of hydrogen-bond donors (Lipinski definition) is 0. The summed E-state index contributed by atoms with van der Waals surface area (Å²) in [7, 11) is 0. The quantitative estimate of drug-likeness (QED) is 0.126. The molecule has 0 N–H and O–H groups in total. The molecule has 2 aliphatic rings. The van der Waals surface area contributed by atoms with Gasteiger partial charge in [0.05, 0.1) is 0 Å². The molecule has 0 radical (unpaired) electrons. The van der Waals surface area contributed by atoms with Crippen LogP contribution in [0.15, 0.2) is 176 Å². The number of fused-ring (bicyclic) bond motifs is 9. The zero-order valence-corrected chi connectivity index (χ0v) is 32.8. The number of benzene rings is 9. The zero-order chi connectivity index (χ0) is 38.6. The van der Waals surface area contributed by atoms with Crippen LogP contribution in [-0.4, -0.2) is 0 Å². The van der Waals surface area contributed by atoms with E-state index in [-0.39, 0.29) is 0 Å². The first-order valence-corrected chi connectivity index (χ1v) is 20.4. The molecule has 0 heteroatoms. The van der Waals surface area contributed by atoms with E-state index in [9.17, 15) is 0 Å². The normalized spacial score (nSPS) is 15.2. The van der Waals surface area contributed by atoms with Gasteiger partial charge in [-0.2, -0.15) is 0 Å². The van der Waals surface area contributed by atoms with Crippen LogP contribution in [0, 0.1) is 5.92 Å². The fraction of sp³-hybridized carbons (Fsp3) is 0.0877. The fourth-order valence-corrected chi connectivity index (χ4v) is 9.70. The first kappa shape index (κ1) is 34.7. The lowest BCUT2D eigenvalue weighted by molar-refractivity contribution is 0.842. The lowest BCUT2D eigenvalue weighted by Gasteiger charge is -2.31. The second kappa shape index (κ2) is 14.1. The van der Waals surface area contributed by atoms with E-state index in [4.69, 9.17) is 0 Å². The molecule has 1 unspecified atom stereocenters. The molecule has 0 aliphatic heterocycles. The molecular weight excluding hydrogens is 685 g/mol. The molecule has 0 nitrogen and oxygen atoms in total. The summed E-state index contributed by atoms with van der Waals surface area (Å²) in [6, 6.07) is 58.6. The van der Waals surface area contributed by atoms with Gasteiger partial charge in [-0.25, -0.2) is 0 Å². The number of hydrogen-bond acceptors (Lipinski definition) is 0. The minimum absolute atomic E-state index is 0.306. The van der Waals surface area contributed by atoms with Crippen LogP contribution in [-0.2, 0) is 0 Å². The first-order valence-electron chi connectivity index (χ1n) is 20.4. The molecule has 0 aromatic heterocycles. The van der Waals surface area contributed by atoms with Crippen molar-refractivity contribution < 1.29 is 0 Å². The van der Waals surface area contributed by atoms with Crippen molar-refractivity contribution in [2.75, 3.05) is 0 Å². The van der Waals surface area contributed by atoms with Gasteiger partial charge in [-0.1, -0.05) is 190 Å². The molecule has 9 aromatic carbocycles. The van der Waals surface area contributed by atoms with E-state index in [1.807, 2.05) is 13.8 Å². The highest BCUT2D eigenvalue weighted by Gasteiger charge is 2.29. The molecule has 0 amide bonds. The minimum atomic E-state index is 0.306. The molecule has 57 heavy (non-hydrogen) atoms. The van der Waals surface area contributed by atoms with Crippen LogP contribution in [0.1, 0.15) is 49.4 Å². The van der Waals surface area contributed by atoms with E-state index in [1.54, 1.807) is 0 Å². The first-order chi connectivity index (χ1) is 28.2. The molecule has 0 spiro atoms. The van der Waals surface area contributed by atoms with E-state index in [1.165, 1.54) is 109 Å². The molecule has 0 saturated heterocycles. The Hall–Kier alpha value is -6.76. The predicted octanol–water partition coefficient (Wildman–Crippen LogP) is 14.3. The Morgan fingerprint density at radius 2 is 1.07 bits per heavy atom. The number of rotatable bonds is 3. The van der Waals surface area contributed by atoms with E-state index in [2.05, 4.69) is 196 Å². The predicted molar refractivity (Wildman–Crippen MR) is 250 cm³/mol. The Labute approximate surface area is 334 Å². The maximum absolute atomic E-state index is 4.32. The average molecular weight is 729 g/mol. The van der Waals surface area contributed by atoms with Gasteiger partial charge in [-0.05, 0) is 140 Å². The van der Waals surface area contributed by atoms with Crippen LogP contribution >= 0.6 is 0 Å². The molecule has 0 fully saturated rings. The smallest absolute Gasteiger partial charge is 0.00686 e. The molecule has 1 atom stereocenters. The van der Waals surface area contributed by atoms with Crippen molar-refractivity contribution in [3.05, 3.63) is 209 Å². The summed E-state index contributed by atoms with van der Waals surface area (Å²) >= 11 is 0. The van der Waals surface area contributed by atoms with Gasteiger partial charge in [0.25, 0.3) is 0 Å². The lowest BCUT2D eigenvalue weighted by atomic mass is 9.73. The van der Waals surface area contributed by atoms with Crippen molar-refractivity contribution in [3.8, 4) is 11.1 Å². The monoisotopic (exact) mass is 728 g/mol. The van der Waals surface area contributed by atoms with Gasteiger partial charge in [0.15, 0.2) is 0 Å². The Kier molecular flexibility index (Phi) is 8.57. The van der Waals surface area contributed by atoms with E-state index in [0.29, 0.717) is 5.92 Å². The second-order valence-electron chi connectivity index (χ2n) is 15.1. The zero-order valence-electron chi connectivity index (χ0n) is 32.8. The van der Waals surface area contributed by atoms with Crippen LogP contribution in [0.25, 0.3) is 94.4 Å². The average Bonchev–Trinajstić information content (AvgIpc) is 3.27. The molecule has 2 aliphatic carbocycles. The summed E-state index contributed by atoms with van der Waals surface area (Å²) in [4.78, 5) is 0. The van der Waals surface area contributed by atoms with Crippen LogP contribution < -0.4 is 10.4 Å². The maximum atomic E-state index is 4.32. The van der Waals surface area contributed by atoms with Gasteiger partial charge in [-0.15, -0.1) is 0 Å². The molecule has 0 saturated carbocycles. The Balaban J connectivity index is 0.00000195. The third-order valence-corrected chi connectivity index (χ3v) is 12.2. The highest BCUT2D eigenvalue weighted by molar-refractivity contribution is 6.24. The van der Waals surface area contributed by atoms with Crippen LogP contribution in [0.2, 0.25) is 0 Å². The highest BCUT2D eigenvalue weighted by Crippen LogP contribution is 2.49. The Morgan fingerprint density at radius 1 is 0.491 bits per heavy atom. The van der Waals surface area contributed by atoms with E-state index >= 15 is 0 Å². The fourth-order valence-electron chi connectivity index (χ4n) is 9.70. The molecule has 0 heterocycles. The van der Waals surface area contributed by atoms with Crippen LogP contribution in [0.3, 0.4) is 0 Å². The van der Waals surface area contributed by atoms with Crippen molar-refractivity contribution in [2.24, 2.45) is 5.92 Å². The van der Waals surface area contributed by atoms with Gasteiger partial charge in [0.1, 0.15) is 0 Å². The third kappa shape index (κ3) is 5.51. The standard InChI is InChI=1S/C55H38.C2H6/c1-3-35-31-51-37(30-34(35)2)28-29-45-43(51)24-13-25-46(45)55-49-21-10-8-19-47(49)54(48-20-9-11-22-50(48)55)39-27-26-38-32-53(44-18-7-6-17-42(44)52(38)33-39)41-23-12-15-36-14-4-5-16-40(36)41;1-2/h3-25,27-33,38H,2,26H2,1H3;1-2H3/b35-3-;. The molecular formula is C57H44. The highest BCUT2D eigenvalue weighted by atomic mass is 14.3. The van der Waals surface area contributed by atoms with Gasteiger partial charge in [0, 0.05) is 5.92 Å². The van der Waals surface area contributed by atoms with Gasteiger partial charge < -0.3 is 0 Å². The van der Waals surface area contributed by atoms with Crippen molar-refractivity contribution in [1.82, 2.24) is 0 Å². The van der Waals surface area contributed by atoms with Crippen molar-refractivity contribution in [3.63, 3.8) is 0 Å². The SMILES string of the molecule is C=c1cc2ccc3c(-c4c5ccccc5c(C5=CCC6C=C(c7cccc8ccccc78)c7ccccc7C6=C5)c5ccccc45)cccc3c2c/c1=C/C.CC. The maximum Gasteiger partial charge on any atom is 0.00686 e. The molecule has 9 aromatic rings. The van der Waals surface area contributed by atoms with Crippen LogP contribution in [0.4, 0.5) is 0 Å². The summed E-state index contributed by atoms with van der Waals surface area (Å²) in [6.07, 6.45) is 10.6. The lowest BCUT2D eigenvalue weighted by Crippen LogP contribution is -2.21. The van der Waals surface area contributed by atoms with Gasteiger partial charge >= 0.3 is 0 Å². The van der Waals surface area contributed by atoms with Crippen LogP contribution in [0.5, 0.6) is 0 Å². The van der Waals surface area contributed by atoms with Gasteiger partial charge in [0.2, 0.25) is 0 Å². The minimum Gasteiger partial charge on any atom is -0.0911 e.